The maximum Gasteiger partial charge on any atom is 0.239 e. The number of hydrogen-bond acceptors (Lipinski definition) is 5. The molecule has 0 unspecified atom stereocenters. The molecule has 0 spiro atoms. The van der Waals surface area contributed by atoms with Crippen LogP contribution in [-0.2, 0) is 4.79 Å². The second-order valence-electron chi connectivity index (χ2n) is 5.53. The molecule has 104 valence electrons. The van der Waals surface area contributed by atoms with Gasteiger partial charge in [0.25, 0.3) is 0 Å². The van der Waals surface area contributed by atoms with Crippen LogP contribution in [0, 0.1) is 12.8 Å². The van der Waals surface area contributed by atoms with Gasteiger partial charge in [0.1, 0.15) is 5.76 Å². The van der Waals surface area contributed by atoms with Gasteiger partial charge in [-0.2, -0.15) is 0 Å². The van der Waals surface area contributed by atoms with Crippen LogP contribution < -0.4 is 10.6 Å². The van der Waals surface area contributed by atoms with Crippen molar-refractivity contribution < 1.29 is 9.32 Å². The number of nitrogens with one attached hydrogen (secondary N) is 2. The average molecular weight is 264 g/mol. The molecule has 6 heteroatoms. The summed E-state index contributed by atoms with van der Waals surface area (Å²) in [6.45, 7) is 5.33. The number of carbonyl (C=O) groups excluding carboxylic acids is 1. The normalized spacial score (nSPS) is 27.2. The summed E-state index contributed by atoms with van der Waals surface area (Å²) in [5, 5.41) is 10.1. The van der Waals surface area contributed by atoms with Crippen LogP contribution in [0.2, 0.25) is 0 Å². The van der Waals surface area contributed by atoms with E-state index in [4.69, 9.17) is 4.52 Å². The van der Waals surface area contributed by atoms with Crippen molar-refractivity contribution in [2.45, 2.75) is 25.8 Å². The van der Waals surface area contributed by atoms with Crippen LogP contribution in [0.4, 0.5) is 5.82 Å². The van der Waals surface area contributed by atoms with Crippen molar-refractivity contribution in [1.82, 2.24) is 15.4 Å². The highest BCUT2D eigenvalue weighted by atomic mass is 16.5. The minimum absolute atomic E-state index is 0.0213. The van der Waals surface area contributed by atoms with E-state index in [9.17, 15) is 4.79 Å². The van der Waals surface area contributed by atoms with Crippen LogP contribution in [0.5, 0.6) is 0 Å². The van der Waals surface area contributed by atoms with Crippen molar-refractivity contribution in [2.75, 3.05) is 31.5 Å². The number of amides is 1. The standard InChI is InChI=1S/C13H20N4O2/c1-9-5-12(16-19-9)15-13(18)8-17-6-10-3-2-4-14-11(10)7-17/h5,10-11,14H,2-4,6-8H2,1H3,(H,15,16,18)/t10-,11+/m0/s1. The van der Waals surface area contributed by atoms with E-state index in [-0.39, 0.29) is 5.91 Å². The Labute approximate surface area is 112 Å². The van der Waals surface area contributed by atoms with Crippen LogP contribution in [0.1, 0.15) is 18.6 Å². The molecule has 0 radical (unpaired) electrons. The van der Waals surface area contributed by atoms with Gasteiger partial charge in [0.2, 0.25) is 5.91 Å². The predicted molar refractivity (Wildman–Crippen MR) is 70.8 cm³/mol. The maximum absolute atomic E-state index is 11.9. The van der Waals surface area contributed by atoms with Crippen molar-refractivity contribution in [2.24, 2.45) is 5.92 Å². The average Bonchev–Trinajstić information content (AvgIpc) is 2.94. The van der Waals surface area contributed by atoms with Crippen molar-refractivity contribution in [3.8, 4) is 0 Å². The van der Waals surface area contributed by atoms with Crippen LogP contribution >= 0.6 is 0 Å². The first-order valence-electron chi connectivity index (χ1n) is 6.89. The molecule has 2 atom stereocenters. The molecule has 1 aromatic heterocycles. The number of fused-ring (bicyclic) bond motifs is 1. The van der Waals surface area contributed by atoms with Gasteiger partial charge in [0, 0.05) is 25.2 Å². The number of rotatable bonds is 3. The topological polar surface area (TPSA) is 70.4 Å². The first-order valence-corrected chi connectivity index (χ1v) is 6.89. The van der Waals surface area contributed by atoms with Crippen molar-refractivity contribution in [1.29, 1.82) is 0 Å². The summed E-state index contributed by atoms with van der Waals surface area (Å²) in [5.74, 6) is 1.88. The molecule has 0 saturated carbocycles. The Balaban J connectivity index is 1.50. The van der Waals surface area contributed by atoms with Gasteiger partial charge in [0.05, 0.1) is 6.54 Å². The second-order valence-corrected chi connectivity index (χ2v) is 5.53. The molecule has 3 rings (SSSR count). The largest absolute Gasteiger partial charge is 0.360 e. The van der Waals surface area contributed by atoms with E-state index in [1.54, 1.807) is 13.0 Å². The number of aromatic nitrogens is 1. The fourth-order valence-corrected chi connectivity index (χ4v) is 3.08. The zero-order valence-electron chi connectivity index (χ0n) is 11.2. The Morgan fingerprint density at radius 2 is 2.53 bits per heavy atom. The minimum Gasteiger partial charge on any atom is -0.360 e. The first-order chi connectivity index (χ1) is 9.20. The number of hydrogen-bond donors (Lipinski definition) is 2. The molecular weight excluding hydrogens is 244 g/mol. The number of carbonyl (C=O) groups is 1. The lowest BCUT2D eigenvalue weighted by atomic mass is 9.94. The molecule has 0 aliphatic carbocycles. The zero-order valence-corrected chi connectivity index (χ0v) is 11.2. The molecule has 2 aliphatic rings. The molecule has 3 heterocycles. The highest BCUT2D eigenvalue weighted by molar-refractivity contribution is 5.91. The molecule has 1 amide bonds. The lowest BCUT2D eigenvalue weighted by Gasteiger charge is -2.24. The third-order valence-corrected chi connectivity index (χ3v) is 3.94. The quantitative estimate of drug-likeness (QED) is 0.837. The van der Waals surface area contributed by atoms with E-state index < -0.39 is 0 Å². The van der Waals surface area contributed by atoms with E-state index >= 15 is 0 Å². The van der Waals surface area contributed by atoms with E-state index in [0.29, 0.717) is 30.1 Å². The number of likely N-dealkylation sites (tertiary alicyclic amines) is 1. The fraction of sp³-hybridized carbons (Fsp3) is 0.692. The summed E-state index contributed by atoms with van der Waals surface area (Å²) in [6.07, 6.45) is 2.53. The Morgan fingerprint density at radius 3 is 3.26 bits per heavy atom. The van der Waals surface area contributed by atoms with Gasteiger partial charge in [-0.1, -0.05) is 5.16 Å². The van der Waals surface area contributed by atoms with Crippen LogP contribution in [0.25, 0.3) is 0 Å². The predicted octanol–water partition coefficient (Wildman–Crippen LogP) is 0.605. The zero-order chi connectivity index (χ0) is 13.2. The maximum atomic E-state index is 11.9. The third-order valence-electron chi connectivity index (χ3n) is 3.94. The molecule has 0 bridgehead atoms. The molecule has 2 aliphatic heterocycles. The second kappa shape index (κ2) is 5.30. The molecule has 1 aromatic rings. The summed E-state index contributed by atoms with van der Waals surface area (Å²) in [6, 6.07) is 2.29. The van der Waals surface area contributed by atoms with Crippen molar-refractivity contribution in [3.05, 3.63) is 11.8 Å². The number of anilines is 1. The van der Waals surface area contributed by atoms with Gasteiger partial charge in [-0.15, -0.1) is 0 Å². The molecule has 2 N–H and O–H groups in total. The van der Waals surface area contributed by atoms with Crippen molar-refractivity contribution in [3.63, 3.8) is 0 Å². The monoisotopic (exact) mass is 264 g/mol. The summed E-state index contributed by atoms with van der Waals surface area (Å²) >= 11 is 0. The summed E-state index contributed by atoms with van der Waals surface area (Å²) in [4.78, 5) is 14.1. The number of aryl methyl sites for hydroxylation is 1. The molecule has 0 aromatic carbocycles. The van der Waals surface area contributed by atoms with E-state index in [1.807, 2.05) is 0 Å². The van der Waals surface area contributed by atoms with Gasteiger partial charge in [-0.3, -0.25) is 9.69 Å². The Morgan fingerprint density at radius 1 is 1.63 bits per heavy atom. The van der Waals surface area contributed by atoms with E-state index in [1.165, 1.54) is 12.8 Å². The van der Waals surface area contributed by atoms with Gasteiger partial charge >= 0.3 is 0 Å². The van der Waals surface area contributed by atoms with E-state index in [0.717, 1.165) is 19.6 Å². The molecular formula is C13H20N4O2. The molecule has 19 heavy (non-hydrogen) atoms. The number of piperidine rings is 1. The first kappa shape index (κ1) is 12.6. The summed E-state index contributed by atoms with van der Waals surface area (Å²) < 4.78 is 4.92. The molecule has 2 fully saturated rings. The summed E-state index contributed by atoms with van der Waals surface area (Å²) in [5.41, 5.74) is 0. The highest BCUT2D eigenvalue weighted by Gasteiger charge is 2.34. The van der Waals surface area contributed by atoms with Gasteiger partial charge < -0.3 is 15.2 Å². The third kappa shape index (κ3) is 2.96. The van der Waals surface area contributed by atoms with E-state index in [2.05, 4.69) is 20.7 Å². The summed E-state index contributed by atoms with van der Waals surface area (Å²) in [7, 11) is 0. The van der Waals surface area contributed by atoms with Crippen LogP contribution in [0.3, 0.4) is 0 Å². The smallest absolute Gasteiger partial charge is 0.239 e. The lowest BCUT2D eigenvalue weighted by molar-refractivity contribution is -0.117. The minimum atomic E-state index is -0.0213. The Kier molecular flexibility index (Phi) is 3.52. The fourth-order valence-electron chi connectivity index (χ4n) is 3.08. The van der Waals surface area contributed by atoms with Crippen molar-refractivity contribution >= 4 is 11.7 Å². The molecule has 2 saturated heterocycles. The lowest BCUT2D eigenvalue weighted by Crippen LogP contribution is -2.41. The van der Waals surface area contributed by atoms with Crippen LogP contribution in [0.15, 0.2) is 10.6 Å². The van der Waals surface area contributed by atoms with Crippen LogP contribution in [-0.4, -0.2) is 48.2 Å². The number of nitrogens with zero attached hydrogens (tertiary/aromatic N) is 2. The molecule has 6 nitrogen and oxygen atoms in total. The Bertz CT molecular complexity index is 445. The SMILES string of the molecule is Cc1cc(NC(=O)CN2C[C@@H]3CCCN[C@@H]3C2)no1. The van der Waals surface area contributed by atoms with Gasteiger partial charge in [-0.05, 0) is 32.2 Å². The van der Waals surface area contributed by atoms with Gasteiger partial charge in [-0.25, -0.2) is 0 Å². The Hall–Kier alpha value is -1.40. The van der Waals surface area contributed by atoms with Gasteiger partial charge in [0.15, 0.2) is 5.82 Å². The highest BCUT2D eigenvalue weighted by Crippen LogP contribution is 2.24.